The number of anilines is 1. The van der Waals surface area contributed by atoms with Gasteiger partial charge in [-0.3, -0.25) is 0 Å². The van der Waals surface area contributed by atoms with E-state index in [-0.39, 0.29) is 11.9 Å². The molecule has 3 atom stereocenters. The van der Waals surface area contributed by atoms with E-state index in [4.69, 9.17) is 5.73 Å². The van der Waals surface area contributed by atoms with Crippen molar-refractivity contribution in [3.63, 3.8) is 0 Å². The van der Waals surface area contributed by atoms with Gasteiger partial charge in [-0.2, -0.15) is 0 Å². The van der Waals surface area contributed by atoms with Crippen LogP contribution in [-0.2, 0) is 0 Å². The minimum Gasteiger partial charge on any atom is -0.369 e. The number of para-hydroxylation sites is 1. The third-order valence-corrected chi connectivity index (χ3v) is 4.16. The topological polar surface area (TPSA) is 29.3 Å². The first-order chi connectivity index (χ1) is 8.50. The van der Waals surface area contributed by atoms with E-state index in [1.165, 1.54) is 6.07 Å². The number of piperidine rings is 1. The van der Waals surface area contributed by atoms with Crippen LogP contribution < -0.4 is 10.6 Å². The van der Waals surface area contributed by atoms with Crippen molar-refractivity contribution < 1.29 is 4.39 Å². The Morgan fingerprint density at radius 1 is 1.33 bits per heavy atom. The smallest absolute Gasteiger partial charge is 0.146 e. The molecule has 0 spiro atoms. The van der Waals surface area contributed by atoms with Gasteiger partial charge in [0.15, 0.2) is 0 Å². The van der Waals surface area contributed by atoms with Gasteiger partial charge < -0.3 is 10.6 Å². The molecule has 1 aliphatic heterocycles. The minimum absolute atomic E-state index is 0.134. The lowest BCUT2D eigenvalue weighted by Gasteiger charge is -2.38. The number of hydrogen-bond donors (Lipinski definition) is 1. The van der Waals surface area contributed by atoms with Gasteiger partial charge in [0.25, 0.3) is 0 Å². The Labute approximate surface area is 109 Å². The Morgan fingerprint density at radius 2 is 2.06 bits per heavy atom. The van der Waals surface area contributed by atoms with Crippen molar-refractivity contribution in [2.75, 3.05) is 18.0 Å². The van der Waals surface area contributed by atoms with Crippen molar-refractivity contribution in [3.8, 4) is 0 Å². The molecule has 3 heteroatoms. The maximum absolute atomic E-state index is 14.1. The summed E-state index contributed by atoms with van der Waals surface area (Å²) < 4.78 is 14.1. The van der Waals surface area contributed by atoms with Crippen LogP contribution in [0.25, 0.3) is 0 Å². The van der Waals surface area contributed by atoms with Crippen LogP contribution in [0.15, 0.2) is 18.2 Å². The summed E-state index contributed by atoms with van der Waals surface area (Å²) >= 11 is 0. The second kappa shape index (κ2) is 5.27. The lowest BCUT2D eigenvalue weighted by atomic mass is 9.88. The maximum Gasteiger partial charge on any atom is 0.146 e. The predicted octanol–water partition coefficient (Wildman–Crippen LogP) is 3.33. The molecule has 1 fully saturated rings. The first-order valence-corrected chi connectivity index (χ1v) is 6.79. The number of hydrogen-bond acceptors (Lipinski definition) is 2. The fraction of sp³-hybridized carbons (Fsp3) is 0.600. The molecule has 2 nitrogen and oxygen atoms in total. The van der Waals surface area contributed by atoms with Gasteiger partial charge in [-0.15, -0.1) is 0 Å². The summed E-state index contributed by atoms with van der Waals surface area (Å²) in [4.78, 5) is 2.17. The Morgan fingerprint density at radius 3 is 2.67 bits per heavy atom. The standard InChI is InChI=1S/C15H23FN2/c1-10-7-8-18(9-11(10)2)15-13(12(3)17)5-4-6-14(15)16/h4-6,10-12H,7-9,17H2,1-3H3/t10?,11?,12-/m0/s1. The van der Waals surface area contributed by atoms with Gasteiger partial charge in [0.1, 0.15) is 5.82 Å². The first kappa shape index (κ1) is 13.3. The molecule has 2 N–H and O–H groups in total. The molecule has 1 saturated heterocycles. The van der Waals surface area contributed by atoms with E-state index in [1.807, 2.05) is 13.0 Å². The van der Waals surface area contributed by atoms with E-state index < -0.39 is 0 Å². The second-order valence-electron chi connectivity index (χ2n) is 5.66. The monoisotopic (exact) mass is 250 g/mol. The van der Waals surface area contributed by atoms with Gasteiger partial charge in [-0.05, 0) is 36.8 Å². The molecule has 1 aliphatic rings. The highest BCUT2D eigenvalue weighted by atomic mass is 19.1. The normalized spacial score (nSPS) is 26.2. The zero-order chi connectivity index (χ0) is 13.3. The zero-order valence-electron chi connectivity index (χ0n) is 11.5. The summed E-state index contributed by atoms with van der Waals surface area (Å²) in [6.07, 6.45) is 1.12. The third-order valence-electron chi connectivity index (χ3n) is 4.16. The molecule has 0 saturated carbocycles. The molecule has 1 aromatic rings. The largest absolute Gasteiger partial charge is 0.369 e. The molecular weight excluding hydrogens is 227 g/mol. The molecule has 0 radical (unpaired) electrons. The number of nitrogens with zero attached hydrogens (tertiary/aromatic N) is 1. The molecule has 1 heterocycles. The van der Waals surface area contributed by atoms with E-state index in [0.717, 1.165) is 25.1 Å². The molecule has 0 bridgehead atoms. The van der Waals surface area contributed by atoms with Crippen LogP contribution in [0, 0.1) is 17.7 Å². The highest BCUT2D eigenvalue weighted by Gasteiger charge is 2.26. The fourth-order valence-electron chi connectivity index (χ4n) is 2.70. The van der Waals surface area contributed by atoms with Crippen molar-refractivity contribution in [2.45, 2.75) is 33.2 Å². The lowest BCUT2D eigenvalue weighted by molar-refractivity contribution is 0.322. The van der Waals surface area contributed by atoms with E-state index >= 15 is 0 Å². The van der Waals surface area contributed by atoms with Gasteiger partial charge in [0.2, 0.25) is 0 Å². The van der Waals surface area contributed by atoms with Gasteiger partial charge in [-0.25, -0.2) is 4.39 Å². The van der Waals surface area contributed by atoms with Crippen molar-refractivity contribution in [1.82, 2.24) is 0 Å². The zero-order valence-corrected chi connectivity index (χ0v) is 11.5. The predicted molar refractivity (Wildman–Crippen MR) is 74.2 cm³/mol. The minimum atomic E-state index is -0.147. The summed E-state index contributed by atoms with van der Waals surface area (Å²) in [5.41, 5.74) is 7.59. The highest BCUT2D eigenvalue weighted by Crippen LogP contribution is 2.33. The Hall–Kier alpha value is -1.09. The molecule has 0 aromatic heterocycles. The molecule has 1 aromatic carbocycles. The summed E-state index contributed by atoms with van der Waals surface area (Å²) in [5.74, 6) is 1.16. The summed E-state index contributed by atoms with van der Waals surface area (Å²) in [6.45, 7) is 8.27. The number of benzene rings is 1. The van der Waals surface area contributed by atoms with Crippen LogP contribution >= 0.6 is 0 Å². The third kappa shape index (κ3) is 2.51. The Balaban J connectivity index is 2.33. The Bertz CT molecular complexity index is 417. The summed E-state index contributed by atoms with van der Waals surface area (Å²) in [5, 5.41) is 0. The molecule has 18 heavy (non-hydrogen) atoms. The molecule has 100 valence electrons. The van der Waals surface area contributed by atoms with E-state index in [1.54, 1.807) is 6.07 Å². The van der Waals surface area contributed by atoms with Crippen LogP contribution in [0.1, 0.15) is 38.8 Å². The number of halogens is 1. The van der Waals surface area contributed by atoms with Gasteiger partial charge in [0.05, 0.1) is 5.69 Å². The van der Waals surface area contributed by atoms with Crippen molar-refractivity contribution in [1.29, 1.82) is 0 Å². The fourth-order valence-corrected chi connectivity index (χ4v) is 2.70. The Kier molecular flexibility index (Phi) is 3.91. The summed E-state index contributed by atoms with van der Waals surface area (Å²) in [7, 11) is 0. The van der Waals surface area contributed by atoms with Crippen LogP contribution in [0.3, 0.4) is 0 Å². The van der Waals surface area contributed by atoms with Gasteiger partial charge in [-0.1, -0.05) is 26.0 Å². The van der Waals surface area contributed by atoms with E-state index in [0.29, 0.717) is 17.5 Å². The van der Waals surface area contributed by atoms with Crippen LogP contribution in [0.4, 0.5) is 10.1 Å². The van der Waals surface area contributed by atoms with Crippen LogP contribution in [0.2, 0.25) is 0 Å². The van der Waals surface area contributed by atoms with Crippen molar-refractivity contribution in [2.24, 2.45) is 17.6 Å². The van der Waals surface area contributed by atoms with Crippen LogP contribution in [-0.4, -0.2) is 13.1 Å². The molecule has 0 aliphatic carbocycles. The van der Waals surface area contributed by atoms with Crippen molar-refractivity contribution in [3.05, 3.63) is 29.6 Å². The molecular formula is C15H23FN2. The van der Waals surface area contributed by atoms with Gasteiger partial charge >= 0.3 is 0 Å². The SMILES string of the molecule is CC1CCN(c2c(F)cccc2[C@H](C)N)CC1C. The van der Waals surface area contributed by atoms with Crippen LogP contribution in [0.5, 0.6) is 0 Å². The van der Waals surface area contributed by atoms with E-state index in [2.05, 4.69) is 18.7 Å². The quantitative estimate of drug-likeness (QED) is 0.872. The first-order valence-electron chi connectivity index (χ1n) is 6.79. The average molecular weight is 250 g/mol. The maximum atomic E-state index is 14.1. The lowest BCUT2D eigenvalue weighted by Crippen LogP contribution is -2.39. The highest BCUT2D eigenvalue weighted by molar-refractivity contribution is 5.56. The molecule has 2 unspecified atom stereocenters. The second-order valence-corrected chi connectivity index (χ2v) is 5.66. The molecule has 2 rings (SSSR count). The summed E-state index contributed by atoms with van der Waals surface area (Å²) in [6, 6.07) is 5.08. The van der Waals surface area contributed by atoms with Gasteiger partial charge in [0, 0.05) is 19.1 Å². The number of rotatable bonds is 2. The average Bonchev–Trinajstić information content (AvgIpc) is 2.32. The van der Waals surface area contributed by atoms with E-state index in [9.17, 15) is 4.39 Å². The molecule has 0 amide bonds. The number of nitrogens with two attached hydrogens (primary N) is 1. The van der Waals surface area contributed by atoms with Crippen molar-refractivity contribution >= 4 is 5.69 Å².